The van der Waals surface area contributed by atoms with Crippen molar-refractivity contribution in [3.8, 4) is 0 Å². The van der Waals surface area contributed by atoms with E-state index in [4.69, 9.17) is 11.1 Å². The van der Waals surface area contributed by atoms with Crippen molar-refractivity contribution in [2.24, 2.45) is 0 Å². The number of thiophene rings is 1. The molecule has 1 fully saturated rings. The third kappa shape index (κ3) is 8.75. The highest BCUT2D eigenvalue weighted by molar-refractivity contribution is 7.08. The van der Waals surface area contributed by atoms with Gasteiger partial charge in [0.05, 0.1) is 5.71 Å². The molecule has 1 aliphatic rings. The Kier molecular flexibility index (Phi) is 12.2. The molecule has 2 aromatic carbocycles. The molecular weight excluding hydrogens is 502 g/mol. The number of anilines is 2. The van der Waals surface area contributed by atoms with Crippen LogP contribution in [0.25, 0.3) is 0 Å². The van der Waals surface area contributed by atoms with E-state index in [1.54, 1.807) is 29.5 Å². The smallest absolute Gasteiger partial charge is 0.246 e. The fraction of sp³-hybridized carbons (Fsp3) is 0.438. The zero-order valence-electron chi connectivity index (χ0n) is 24.0. The number of hydrogen-bond donors (Lipinski definition) is 3. The van der Waals surface area contributed by atoms with Crippen molar-refractivity contribution >= 4 is 34.3 Å². The van der Waals surface area contributed by atoms with Gasteiger partial charge in [-0.25, -0.2) is 0 Å². The maximum absolute atomic E-state index is 13.3. The predicted molar refractivity (Wildman–Crippen MR) is 167 cm³/mol. The number of hydrogen-bond acceptors (Lipinski definition) is 6. The number of nitrogens with one attached hydrogen (secondary N) is 2. The monoisotopic (exact) mass is 547 g/mol. The first-order valence-electron chi connectivity index (χ1n) is 14.2. The van der Waals surface area contributed by atoms with Crippen LogP contribution >= 0.6 is 11.3 Å². The van der Waals surface area contributed by atoms with Gasteiger partial charge in [0, 0.05) is 22.5 Å². The molecule has 1 atom stereocenters. The third-order valence-electron chi connectivity index (χ3n) is 7.06. The van der Waals surface area contributed by atoms with Crippen LogP contribution < -0.4 is 11.1 Å². The molecule has 4 N–H and O–H groups in total. The normalized spacial score (nSPS) is 14.1. The van der Waals surface area contributed by atoms with E-state index in [1.807, 2.05) is 41.1 Å². The molecule has 1 aliphatic heterocycles. The second kappa shape index (κ2) is 15.6. The summed E-state index contributed by atoms with van der Waals surface area (Å²) >= 11 is 1.61. The first-order valence-corrected chi connectivity index (χ1v) is 15.1. The summed E-state index contributed by atoms with van der Waals surface area (Å²) in [4.78, 5) is 17.9. The quantitative estimate of drug-likeness (QED) is 0.182. The van der Waals surface area contributed by atoms with E-state index in [1.165, 1.54) is 31.5 Å². The summed E-state index contributed by atoms with van der Waals surface area (Å²) in [5.74, 6) is -0.0464. The molecule has 3 aromatic rings. The second-order valence-corrected chi connectivity index (χ2v) is 11.0. The number of nitrogens with zero attached hydrogens (tertiary/aromatic N) is 2. The van der Waals surface area contributed by atoms with E-state index in [9.17, 15) is 4.79 Å². The SMILES string of the molecule is CCCN(C)CCC.CCc1ccc(C(=N)c2cc(NC(=O)C(c3ccsc3)N3CCCC3)ccc2N)cc1. The van der Waals surface area contributed by atoms with Crippen LogP contribution in [0.5, 0.6) is 0 Å². The highest BCUT2D eigenvalue weighted by Gasteiger charge is 2.30. The fourth-order valence-corrected chi connectivity index (χ4v) is 5.64. The summed E-state index contributed by atoms with van der Waals surface area (Å²) in [6.07, 6.45) is 5.74. The van der Waals surface area contributed by atoms with E-state index in [-0.39, 0.29) is 11.9 Å². The number of rotatable bonds is 11. The molecule has 0 aliphatic carbocycles. The molecule has 1 saturated heterocycles. The number of amides is 1. The van der Waals surface area contributed by atoms with Gasteiger partial charge in [0.25, 0.3) is 0 Å². The van der Waals surface area contributed by atoms with Crippen LogP contribution in [0.4, 0.5) is 11.4 Å². The Bertz CT molecular complexity index is 1160. The van der Waals surface area contributed by atoms with Crippen molar-refractivity contribution in [1.82, 2.24) is 9.80 Å². The van der Waals surface area contributed by atoms with Crippen LogP contribution in [0.1, 0.15) is 74.8 Å². The Labute approximate surface area is 238 Å². The van der Waals surface area contributed by atoms with Crippen molar-refractivity contribution in [1.29, 1.82) is 5.41 Å². The lowest BCUT2D eigenvalue weighted by molar-refractivity contribution is -0.121. The molecule has 210 valence electrons. The van der Waals surface area contributed by atoms with Gasteiger partial charge in [-0.2, -0.15) is 11.3 Å². The van der Waals surface area contributed by atoms with E-state index in [2.05, 4.69) is 42.9 Å². The first-order chi connectivity index (χ1) is 18.9. The van der Waals surface area contributed by atoms with Gasteiger partial charge in [-0.15, -0.1) is 0 Å². The number of benzene rings is 2. The molecule has 1 aromatic heterocycles. The largest absolute Gasteiger partial charge is 0.398 e. The topological polar surface area (TPSA) is 85.5 Å². The number of nitrogen functional groups attached to an aromatic ring is 1. The van der Waals surface area contributed by atoms with Gasteiger partial charge in [-0.05, 0) is 111 Å². The first kappa shape index (κ1) is 30.5. The zero-order chi connectivity index (χ0) is 28.2. The zero-order valence-corrected chi connectivity index (χ0v) is 24.8. The molecule has 6 nitrogen and oxygen atoms in total. The molecule has 2 heterocycles. The molecule has 0 saturated carbocycles. The van der Waals surface area contributed by atoms with Crippen LogP contribution in [0.15, 0.2) is 59.3 Å². The standard InChI is InChI=1S/C25H28N4OS.C7H17N/c1-2-17-5-7-18(8-6-17)23(27)21-15-20(9-10-22(21)26)28-25(30)24(19-11-14-31-16-19)29-12-3-4-13-29;1-4-6-8(3)7-5-2/h5-11,14-16,24,27H,2-4,12-13,26H2,1H3,(H,28,30);4-7H2,1-3H3. The number of carbonyl (C=O) groups is 1. The van der Waals surface area contributed by atoms with Gasteiger partial charge < -0.3 is 16.0 Å². The van der Waals surface area contributed by atoms with E-state index >= 15 is 0 Å². The lowest BCUT2D eigenvalue weighted by atomic mass is 9.98. The molecule has 39 heavy (non-hydrogen) atoms. The van der Waals surface area contributed by atoms with Gasteiger partial charge in [-0.3, -0.25) is 15.1 Å². The van der Waals surface area contributed by atoms with Gasteiger partial charge in [0.2, 0.25) is 5.91 Å². The predicted octanol–water partition coefficient (Wildman–Crippen LogP) is 6.82. The van der Waals surface area contributed by atoms with Crippen LogP contribution in [-0.2, 0) is 11.2 Å². The summed E-state index contributed by atoms with van der Waals surface area (Å²) in [6, 6.07) is 15.1. The lowest BCUT2D eigenvalue weighted by Crippen LogP contribution is -2.35. The molecule has 0 bridgehead atoms. The van der Waals surface area contributed by atoms with Crippen molar-refractivity contribution in [3.63, 3.8) is 0 Å². The summed E-state index contributed by atoms with van der Waals surface area (Å²) < 4.78 is 0. The van der Waals surface area contributed by atoms with E-state index in [0.717, 1.165) is 43.5 Å². The third-order valence-corrected chi connectivity index (χ3v) is 7.77. The summed E-state index contributed by atoms with van der Waals surface area (Å²) in [7, 11) is 2.17. The minimum atomic E-state index is -0.296. The van der Waals surface area contributed by atoms with Gasteiger partial charge >= 0.3 is 0 Å². The van der Waals surface area contributed by atoms with Crippen LogP contribution in [0.3, 0.4) is 0 Å². The average Bonchev–Trinajstić information content (AvgIpc) is 3.66. The summed E-state index contributed by atoms with van der Waals surface area (Å²) in [6.45, 7) is 10.9. The van der Waals surface area contributed by atoms with Crippen LogP contribution in [0, 0.1) is 5.41 Å². The average molecular weight is 548 g/mol. The van der Waals surface area contributed by atoms with Crippen LogP contribution in [0.2, 0.25) is 0 Å². The minimum absolute atomic E-state index is 0.0464. The number of nitrogens with two attached hydrogens (primary N) is 1. The Balaban J connectivity index is 0.000000459. The van der Waals surface area contributed by atoms with Crippen LogP contribution in [-0.4, -0.2) is 54.6 Å². The van der Waals surface area contributed by atoms with E-state index in [0.29, 0.717) is 22.6 Å². The number of likely N-dealkylation sites (tertiary alicyclic amines) is 1. The Morgan fingerprint density at radius 1 is 1.05 bits per heavy atom. The maximum Gasteiger partial charge on any atom is 0.246 e. The molecule has 4 rings (SSSR count). The fourth-order valence-electron chi connectivity index (χ4n) is 4.96. The Morgan fingerprint density at radius 3 is 2.28 bits per heavy atom. The summed E-state index contributed by atoms with van der Waals surface area (Å²) in [5.41, 5.74) is 11.4. The molecule has 1 unspecified atom stereocenters. The Morgan fingerprint density at radius 2 is 1.72 bits per heavy atom. The van der Waals surface area contributed by atoms with Crippen molar-refractivity contribution in [2.75, 3.05) is 44.3 Å². The van der Waals surface area contributed by atoms with Gasteiger partial charge in [0.15, 0.2) is 0 Å². The minimum Gasteiger partial charge on any atom is -0.398 e. The second-order valence-electron chi connectivity index (χ2n) is 10.2. The maximum atomic E-state index is 13.3. The van der Waals surface area contributed by atoms with Crippen molar-refractivity contribution < 1.29 is 4.79 Å². The molecule has 1 amide bonds. The van der Waals surface area contributed by atoms with Crippen molar-refractivity contribution in [3.05, 3.63) is 81.5 Å². The van der Waals surface area contributed by atoms with Gasteiger partial charge in [-0.1, -0.05) is 45.0 Å². The summed E-state index contributed by atoms with van der Waals surface area (Å²) in [5, 5.41) is 15.8. The highest BCUT2D eigenvalue weighted by atomic mass is 32.1. The number of carbonyl (C=O) groups excluding carboxylic acids is 1. The van der Waals surface area contributed by atoms with Crippen molar-refractivity contribution in [2.45, 2.75) is 58.9 Å². The molecule has 0 radical (unpaired) electrons. The Hall–Kier alpha value is -3.00. The highest BCUT2D eigenvalue weighted by Crippen LogP contribution is 2.29. The number of aryl methyl sites for hydroxylation is 1. The molecule has 7 heteroatoms. The lowest BCUT2D eigenvalue weighted by Gasteiger charge is -2.26. The molecular formula is C32H45N5OS. The molecule has 0 spiro atoms. The van der Waals surface area contributed by atoms with E-state index < -0.39 is 0 Å². The van der Waals surface area contributed by atoms with Gasteiger partial charge in [0.1, 0.15) is 6.04 Å².